The third-order valence-corrected chi connectivity index (χ3v) is 3.09. The van der Waals surface area contributed by atoms with Crippen molar-refractivity contribution in [1.29, 1.82) is 0 Å². The van der Waals surface area contributed by atoms with Crippen molar-refractivity contribution in [2.75, 3.05) is 5.32 Å². The number of anilines is 2. The Morgan fingerprint density at radius 2 is 1.91 bits per heavy atom. The molecule has 0 saturated heterocycles. The van der Waals surface area contributed by atoms with Crippen LogP contribution in [0.25, 0.3) is 0 Å². The highest BCUT2D eigenvalue weighted by molar-refractivity contribution is 5.92. The summed E-state index contributed by atoms with van der Waals surface area (Å²) in [5.41, 5.74) is -0.173. The van der Waals surface area contributed by atoms with Crippen molar-refractivity contribution in [3.05, 3.63) is 47.9 Å². The SMILES string of the molecule is CCC(C)NC(=O)c1cnc(Nc2c(F)cccc2F)cn1. The van der Waals surface area contributed by atoms with Gasteiger partial charge >= 0.3 is 0 Å². The van der Waals surface area contributed by atoms with E-state index in [-0.39, 0.29) is 29.1 Å². The maximum atomic E-state index is 13.5. The van der Waals surface area contributed by atoms with Crippen molar-refractivity contribution in [2.45, 2.75) is 26.3 Å². The number of carbonyl (C=O) groups is 1. The standard InChI is InChI=1S/C15H16F2N4O/c1-3-9(2)20-15(22)12-7-19-13(8-18-12)21-14-10(16)5-4-6-11(14)17/h4-9H,3H2,1-2H3,(H,19,21)(H,20,22). The third-order valence-electron chi connectivity index (χ3n) is 3.09. The third kappa shape index (κ3) is 3.75. The van der Waals surface area contributed by atoms with Gasteiger partial charge < -0.3 is 10.6 Å². The molecule has 5 nitrogen and oxygen atoms in total. The van der Waals surface area contributed by atoms with Gasteiger partial charge in [-0.15, -0.1) is 0 Å². The molecule has 1 aromatic heterocycles. The second-order valence-electron chi connectivity index (χ2n) is 4.79. The molecule has 1 atom stereocenters. The predicted molar refractivity (Wildman–Crippen MR) is 78.9 cm³/mol. The second kappa shape index (κ2) is 6.93. The van der Waals surface area contributed by atoms with Crippen LogP contribution in [0.3, 0.4) is 0 Å². The van der Waals surface area contributed by atoms with E-state index in [1.165, 1.54) is 18.5 Å². The molecule has 1 aromatic carbocycles. The maximum absolute atomic E-state index is 13.5. The number of carbonyl (C=O) groups excluding carboxylic acids is 1. The molecular formula is C15H16F2N4O. The molecule has 0 spiro atoms. The van der Waals surface area contributed by atoms with Gasteiger partial charge in [0, 0.05) is 6.04 Å². The molecule has 1 unspecified atom stereocenters. The van der Waals surface area contributed by atoms with Crippen molar-refractivity contribution >= 4 is 17.4 Å². The summed E-state index contributed by atoms with van der Waals surface area (Å²) in [6.45, 7) is 3.83. The van der Waals surface area contributed by atoms with Crippen LogP contribution in [0.2, 0.25) is 0 Å². The van der Waals surface area contributed by atoms with Crippen molar-refractivity contribution < 1.29 is 13.6 Å². The van der Waals surface area contributed by atoms with E-state index in [0.29, 0.717) is 0 Å². The van der Waals surface area contributed by atoms with Gasteiger partial charge in [0.15, 0.2) is 0 Å². The van der Waals surface area contributed by atoms with Crippen LogP contribution in [0.15, 0.2) is 30.6 Å². The number of nitrogens with one attached hydrogen (secondary N) is 2. The van der Waals surface area contributed by atoms with Gasteiger partial charge in [-0.25, -0.2) is 18.7 Å². The maximum Gasteiger partial charge on any atom is 0.271 e. The first-order valence-electron chi connectivity index (χ1n) is 6.85. The summed E-state index contributed by atoms with van der Waals surface area (Å²) in [5, 5.41) is 5.25. The number of hydrogen-bond donors (Lipinski definition) is 2. The Morgan fingerprint density at radius 3 is 2.45 bits per heavy atom. The number of hydrogen-bond acceptors (Lipinski definition) is 4. The van der Waals surface area contributed by atoms with Crippen LogP contribution in [0.4, 0.5) is 20.3 Å². The van der Waals surface area contributed by atoms with Crippen LogP contribution in [-0.4, -0.2) is 21.9 Å². The van der Waals surface area contributed by atoms with E-state index in [1.54, 1.807) is 0 Å². The van der Waals surface area contributed by atoms with Gasteiger partial charge in [-0.3, -0.25) is 4.79 Å². The first kappa shape index (κ1) is 15.8. The number of halogens is 2. The van der Waals surface area contributed by atoms with Crippen molar-refractivity contribution in [3.63, 3.8) is 0 Å². The van der Waals surface area contributed by atoms with Crippen LogP contribution in [-0.2, 0) is 0 Å². The highest BCUT2D eigenvalue weighted by Gasteiger charge is 2.12. The summed E-state index contributed by atoms with van der Waals surface area (Å²) in [6.07, 6.45) is 3.29. The van der Waals surface area contributed by atoms with Gasteiger partial charge in [0.25, 0.3) is 5.91 Å². The molecule has 0 saturated carbocycles. The Labute approximate surface area is 126 Å². The van der Waals surface area contributed by atoms with Gasteiger partial charge in [0.1, 0.15) is 28.8 Å². The molecule has 0 bridgehead atoms. The molecule has 22 heavy (non-hydrogen) atoms. The van der Waals surface area contributed by atoms with E-state index in [9.17, 15) is 13.6 Å². The van der Waals surface area contributed by atoms with Crippen molar-refractivity contribution in [3.8, 4) is 0 Å². The zero-order chi connectivity index (χ0) is 16.1. The number of para-hydroxylation sites is 1. The van der Waals surface area contributed by atoms with Crippen LogP contribution < -0.4 is 10.6 Å². The molecule has 1 heterocycles. The summed E-state index contributed by atoms with van der Waals surface area (Å²) in [7, 11) is 0. The monoisotopic (exact) mass is 306 g/mol. The zero-order valence-electron chi connectivity index (χ0n) is 12.2. The number of benzene rings is 1. The molecule has 0 aliphatic rings. The average molecular weight is 306 g/mol. The molecule has 2 N–H and O–H groups in total. The number of nitrogens with zero attached hydrogens (tertiary/aromatic N) is 2. The molecule has 1 amide bonds. The Bertz CT molecular complexity index is 641. The van der Waals surface area contributed by atoms with Gasteiger partial charge in [-0.1, -0.05) is 13.0 Å². The highest BCUT2D eigenvalue weighted by atomic mass is 19.1. The molecule has 2 rings (SSSR count). The quantitative estimate of drug-likeness (QED) is 0.891. The molecule has 0 fully saturated rings. The van der Waals surface area contributed by atoms with E-state index in [4.69, 9.17) is 0 Å². The Balaban J connectivity index is 2.11. The predicted octanol–water partition coefficient (Wildman–Crippen LogP) is 3.03. The van der Waals surface area contributed by atoms with E-state index < -0.39 is 11.6 Å². The molecule has 0 aliphatic heterocycles. The Morgan fingerprint density at radius 1 is 1.23 bits per heavy atom. The zero-order valence-corrected chi connectivity index (χ0v) is 12.2. The fourth-order valence-corrected chi connectivity index (χ4v) is 1.65. The molecule has 116 valence electrons. The summed E-state index contributed by atoms with van der Waals surface area (Å²) in [5.74, 6) is -1.67. The molecule has 0 aliphatic carbocycles. The highest BCUT2D eigenvalue weighted by Crippen LogP contribution is 2.21. The Kier molecular flexibility index (Phi) is 4.98. The number of aromatic nitrogens is 2. The first-order chi connectivity index (χ1) is 10.5. The van der Waals surface area contributed by atoms with E-state index >= 15 is 0 Å². The molecule has 0 radical (unpaired) electrons. The topological polar surface area (TPSA) is 66.9 Å². The van der Waals surface area contributed by atoms with Crippen molar-refractivity contribution in [1.82, 2.24) is 15.3 Å². The van der Waals surface area contributed by atoms with Crippen LogP contribution >= 0.6 is 0 Å². The fourth-order valence-electron chi connectivity index (χ4n) is 1.65. The molecular weight excluding hydrogens is 290 g/mol. The average Bonchev–Trinajstić information content (AvgIpc) is 2.51. The molecule has 7 heteroatoms. The molecule has 2 aromatic rings. The van der Waals surface area contributed by atoms with E-state index in [0.717, 1.165) is 18.6 Å². The summed E-state index contributed by atoms with van der Waals surface area (Å²) < 4.78 is 27.0. The smallest absolute Gasteiger partial charge is 0.271 e. The minimum absolute atomic E-state index is 0.0274. The normalized spacial score (nSPS) is 11.8. The summed E-state index contributed by atoms with van der Waals surface area (Å²) in [6, 6.07) is 3.56. The lowest BCUT2D eigenvalue weighted by Gasteiger charge is -2.11. The number of amides is 1. The second-order valence-corrected chi connectivity index (χ2v) is 4.79. The lowest BCUT2D eigenvalue weighted by Crippen LogP contribution is -2.32. The van der Waals surface area contributed by atoms with E-state index in [1.807, 2.05) is 13.8 Å². The van der Waals surface area contributed by atoms with E-state index in [2.05, 4.69) is 20.6 Å². The van der Waals surface area contributed by atoms with Gasteiger partial charge in [-0.2, -0.15) is 0 Å². The van der Waals surface area contributed by atoms with Gasteiger partial charge in [0.2, 0.25) is 0 Å². The van der Waals surface area contributed by atoms with Gasteiger partial charge in [-0.05, 0) is 25.5 Å². The summed E-state index contributed by atoms with van der Waals surface area (Å²) in [4.78, 5) is 19.7. The minimum Gasteiger partial charge on any atom is -0.348 e. The van der Waals surface area contributed by atoms with Crippen LogP contribution in [0.1, 0.15) is 30.8 Å². The lowest BCUT2D eigenvalue weighted by molar-refractivity contribution is 0.0934. The lowest BCUT2D eigenvalue weighted by atomic mass is 10.2. The van der Waals surface area contributed by atoms with Gasteiger partial charge in [0.05, 0.1) is 12.4 Å². The van der Waals surface area contributed by atoms with Crippen LogP contribution in [0, 0.1) is 11.6 Å². The van der Waals surface area contributed by atoms with Crippen molar-refractivity contribution in [2.24, 2.45) is 0 Å². The first-order valence-corrected chi connectivity index (χ1v) is 6.85. The largest absolute Gasteiger partial charge is 0.348 e. The summed E-state index contributed by atoms with van der Waals surface area (Å²) >= 11 is 0. The van der Waals surface area contributed by atoms with Crippen LogP contribution in [0.5, 0.6) is 0 Å². The minimum atomic E-state index is -0.736. The Hall–Kier alpha value is -2.57. The fraction of sp³-hybridized carbons (Fsp3) is 0.267. The number of rotatable bonds is 5.